The number of hydrogen-bond donors (Lipinski definition) is 1. The van der Waals surface area contributed by atoms with Crippen LogP contribution in [-0.4, -0.2) is 36.8 Å². The van der Waals surface area contributed by atoms with Crippen molar-refractivity contribution in [3.8, 4) is 0 Å². The van der Waals surface area contributed by atoms with Crippen LogP contribution in [0, 0.1) is 5.92 Å². The lowest BCUT2D eigenvalue weighted by atomic mass is 9.89. The fraction of sp³-hybridized carbons (Fsp3) is 1.00. The third-order valence-electron chi connectivity index (χ3n) is 4.29. The van der Waals surface area contributed by atoms with Crippen LogP contribution in [0.1, 0.15) is 59.3 Å². The molecule has 1 saturated heterocycles. The first kappa shape index (κ1) is 17.3. The summed E-state index contributed by atoms with van der Waals surface area (Å²) in [5.41, 5.74) is 0.0224. The van der Waals surface area contributed by atoms with Crippen LogP contribution >= 0.6 is 11.8 Å². The molecule has 1 atom stereocenters. The third-order valence-corrected chi connectivity index (χ3v) is 5.34. The summed E-state index contributed by atoms with van der Waals surface area (Å²) in [6.45, 7) is 7.79. The number of thioether (sulfide) groups is 1. The molecule has 1 N–H and O–H groups in total. The summed E-state index contributed by atoms with van der Waals surface area (Å²) >= 11 is 2.12. The van der Waals surface area contributed by atoms with E-state index in [1.807, 2.05) is 7.11 Å². The third kappa shape index (κ3) is 7.57. The Morgan fingerprint density at radius 1 is 1.32 bits per heavy atom. The predicted octanol–water partition coefficient (Wildman–Crippen LogP) is 4.09. The molecular formula is C16H33NOS. The first-order valence-electron chi connectivity index (χ1n) is 7.93. The van der Waals surface area contributed by atoms with Crippen molar-refractivity contribution in [1.29, 1.82) is 0 Å². The van der Waals surface area contributed by atoms with E-state index in [0.29, 0.717) is 6.04 Å². The van der Waals surface area contributed by atoms with Gasteiger partial charge in [-0.2, -0.15) is 11.8 Å². The maximum atomic E-state index is 5.55. The van der Waals surface area contributed by atoms with Gasteiger partial charge in [-0.05, 0) is 76.3 Å². The van der Waals surface area contributed by atoms with Gasteiger partial charge in [-0.15, -0.1) is 0 Å². The van der Waals surface area contributed by atoms with Gasteiger partial charge in [0.15, 0.2) is 0 Å². The highest BCUT2D eigenvalue weighted by molar-refractivity contribution is 7.99. The fourth-order valence-corrected chi connectivity index (χ4v) is 3.86. The molecule has 114 valence electrons. The Hall–Kier alpha value is 0.270. The van der Waals surface area contributed by atoms with Crippen molar-refractivity contribution in [2.45, 2.75) is 70.9 Å². The van der Waals surface area contributed by atoms with Gasteiger partial charge in [0, 0.05) is 13.2 Å². The van der Waals surface area contributed by atoms with E-state index in [0.717, 1.165) is 18.9 Å². The van der Waals surface area contributed by atoms with E-state index in [1.165, 1.54) is 43.6 Å². The van der Waals surface area contributed by atoms with Gasteiger partial charge in [0.2, 0.25) is 0 Å². The van der Waals surface area contributed by atoms with E-state index in [-0.39, 0.29) is 5.60 Å². The minimum Gasteiger partial charge on any atom is -0.379 e. The number of methoxy groups -OCH3 is 1. The standard InChI is InChI=1S/C16H33NOS/c1-5-10-17-15(6-9-16(2,3)18-4)13-14-7-11-19-12-8-14/h14-15,17H,5-13H2,1-4H3. The second kappa shape index (κ2) is 9.25. The van der Waals surface area contributed by atoms with E-state index in [2.05, 4.69) is 37.8 Å². The molecular weight excluding hydrogens is 254 g/mol. The number of ether oxygens (including phenoxy) is 1. The number of rotatable bonds is 9. The van der Waals surface area contributed by atoms with Gasteiger partial charge in [0.25, 0.3) is 0 Å². The molecule has 0 saturated carbocycles. The van der Waals surface area contributed by atoms with Crippen LogP contribution in [-0.2, 0) is 4.74 Å². The summed E-state index contributed by atoms with van der Waals surface area (Å²) in [5, 5.41) is 3.75. The minimum absolute atomic E-state index is 0.0224. The lowest BCUT2D eigenvalue weighted by Gasteiger charge is -2.30. The molecule has 1 rings (SSSR count). The molecule has 1 fully saturated rings. The normalized spacial score (nSPS) is 19.6. The topological polar surface area (TPSA) is 21.3 Å². The molecule has 0 aromatic rings. The van der Waals surface area contributed by atoms with Crippen LogP contribution in [0.3, 0.4) is 0 Å². The molecule has 0 aromatic carbocycles. The van der Waals surface area contributed by atoms with Crippen LogP contribution in [0.4, 0.5) is 0 Å². The van der Waals surface area contributed by atoms with Gasteiger partial charge in [-0.1, -0.05) is 6.92 Å². The van der Waals surface area contributed by atoms with E-state index >= 15 is 0 Å². The van der Waals surface area contributed by atoms with Crippen molar-refractivity contribution in [2.24, 2.45) is 5.92 Å². The maximum Gasteiger partial charge on any atom is 0.0623 e. The maximum absolute atomic E-state index is 5.55. The average molecular weight is 288 g/mol. The van der Waals surface area contributed by atoms with Crippen molar-refractivity contribution in [3.63, 3.8) is 0 Å². The predicted molar refractivity (Wildman–Crippen MR) is 87.1 cm³/mol. The monoisotopic (exact) mass is 287 g/mol. The second-order valence-corrected chi connectivity index (χ2v) is 7.67. The van der Waals surface area contributed by atoms with Crippen molar-refractivity contribution in [2.75, 3.05) is 25.2 Å². The quantitative estimate of drug-likeness (QED) is 0.690. The van der Waals surface area contributed by atoms with Crippen molar-refractivity contribution in [3.05, 3.63) is 0 Å². The van der Waals surface area contributed by atoms with Gasteiger partial charge < -0.3 is 10.1 Å². The Labute approximate surface area is 124 Å². The summed E-state index contributed by atoms with van der Waals surface area (Å²) in [7, 11) is 1.83. The summed E-state index contributed by atoms with van der Waals surface area (Å²) in [6, 6.07) is 0.683. The molecule has 1 unspecified atom stereocenters. The average Bonchev–Trinajstić information content (AvgIpc) is 2.43. The van der Waals surface area contributed by atoms with Crippen LogP contribution < -0.4 is 5.32 Å². The van der Waals surface area contributed by atoms with Crippen molar-refractivity contribution < 1.29 is 4.74 Å². The molecule has 3 heteroatoms. The molecule has 1 heterocycles. The lowest BCUT2D eigenvalue weighted by molar-refractivity contribution is 0.0111. The second-order valence-electron chi connectivity index (χ2n) is 6.44. The van der Waals surface area contributed by atoms with Crippen LogP contribution in [0.15, 0.2) is 0 Å². The summed E-state index contributed by atoms with van der Waals surface area (Å²) in [6.07, 6.45) is 7.81. The lowest BCUT2D eigenvalue weighted by Crippen LogP contribution is -2.35. The molecule has 1 aliphatic rings. The molecule has 0 spiro atoms. The molecule has 0 aliphatic carbocycles. The van der Waals surface area contributed by atoms with Gasteiger partial charge in [0.05, 0.1) is 5.60 Å². The van der Waals surface area contributed by atoms with Crippen LogP contribution in [0.5, 0.6) is 0 Å². The van der Waals surface area contributed by atoms with E-state index in [1.54, 1.807) is 0 Å². The van der Waals surface area contributed by atoms with Crippen LogP contribution in [0.2, 0.25) is 0 Å². The molecule has 0 radical (unpaired) electrons. The summed E-state index contributed by atoms with van der Waals surface area (Å²) in [5.74, 6) is 3.69. The molecule has 1 aliphatic heterocycles. The first-order chi connectivity index (χ1) is 9.07. The van der Waals surface area contributed by atoms with E-state index < -0.39 is 0 Å². The molecule has 0 aromatic heterocycles. The Morgan fingerprint density at radius 2 is 2.00 bits per heavy atom. The minimum atomic E-state index is 0.0224. The van der Waals surface area contributed by atoms with Crippen molar-refractivity contribution >= 4 is 11.8 Å². The molecule has 19 heavy (non-hydrogen) atoms. The zero-order valence-electron chi connectivity index (χ0n) is 13.3. The van der Waals surface area contributed by atoms with Gasteiger partial charge in [-0.25, -0.2) is 0 Å². The Kier molecular flexibility index (Phi) is 8.43. The number of hydrogen-bond acceptors (Lipinski definition) is 3. The molecule has 0 bridgehead atoms. The Morgan fingerprint density at radius 3 is 2.58 bits per heavy atom. The zero-order chi connectivity index (χ0) is 14.1. The number of nitrogens with one attached hydrogen (secondary N) is 1. The van der Waals surface area contributed by atoms with Gasteiger partial charge in [0.1, 0.15) is 0 Å². The van der Waals surface area contributed by atoms with Gasteiger partial charge in [-0.3, -0.25) is 0 Å². The first-order valence-corrected chi connectivity index (χ1v) is 9.09. The summed E-state index contributed by atoms with van der Waals surface area (Å²) < 4.78 is 5.55. The highest BCUT2D eigenvalue weighted by Gasteiger charge is 2.22. The highest BCUT2D eigenvalue weighted by atomic mass is 32.2. The molecule has 2 nitrogen and oxygen atoms in total. The molecule has 0 amide bonds. The fourth-order valence-electron chi connectivity index (χ4n) is 2.66. The summed E-state index contributed by atoms with van der Waals surface area (Å²) in [4.78, 5) is 0. The highest BCUT2D eigenvalue weighted by Crippen LogP contribution is 2.28. The zero-order valence-corrected chi connectivity index (χ0v) is 14.2. The van der Waals surface area contributed by atoms with Crippen molar-refractivity contribution in [1.82, 2.24) is 5.32 Å². The van der Waals surface area contributed by atoms with Gasteiger partial charge >= 0.3 is 0 Å². The van der Waals surface area contributed by atoms with E-state index in [4.69, 9.17) is 4.74 Å². The Bertz CT molecular complexity index is 227. The smallest absolute Gasteiger partial charge is 0.0623 e. The SMILES string of the molecule is CCCNC(CCC(C)(C)OC)CC1CCSCC1. The van der Waals surface area contributed by atoms with Crippen LogP contribution in [0.25, 0.3) is 0 Å². The Balaban J connectivity index is 2.36. The van der Waals surface area contributed by atoms with E-state index in [9.17, 15) is 0 Å². The largest absolute Gasteiger partial charge is 0.379 e.